The number of amides is 1. The van der Waals surface area contributed by atoms with Gasteiger partial charge in [0.1, 0.15) is 11.1 Å². The second-order valence-corrected chi connectivity index (χ2v) is 10.2. The Morgan fingerprint density at radius 3 is 2.65 bits per heavy atom. The van der Waals surface area contributed by atoms with Gasteiger partial charge in [-0.2, -0.15) is 5.26 Å². The predicted octanol–water partition coefficient (Wildman–Crippen LogP) is 6.33. The molecule has 5 rings (SSSR count). The molecular weight excluding hydrogens is 451 g/mol. The number of carbonyl (C=O) groups excluding carboxylic acids is 2. The van der Waals surface area contributed by atoms with Crippen molar-refractivity contribution < 1.29 is 9.59 Å². The number of fused-ring (bicyclic) bond motifs is 1. The first-order chi connectivity index (χ1) is 15.0. The Morgan fingerprint density at radius 1 is 1.06 bits per heavy atom. The van der Waals surface area contributed by atoms with E-state index in [0.29, 0.717) is 45.4 Å². The SMILES string of the molecule is N#Cc1c(N2C(=O)CC(c3ccc(Cl)cc3Cl)C3=C2CCCC3=O)sc2c1CCCC2. The average Bonchev–Trinajstić information content (AvgIpc) is 3.11. The number of nitriles is 1. The largest absolute Gasteiger partial charge is 0.294 e. The second-order valence-electron chi connectivity index (χ2n) is 8.29. The molecule has 0 saturated heterocycles. The molecule has 3 aliphatic rings. The normalized spacial score (nSPS) is 21.1. The standard InChI is InChI=1S/C24H20Cl2N2O2S/c25-13-8-9-14(18(26)10-13)16-11-22(30)28(19-5-3-6-20(29)23(16)19)24-17(12-27)15-4-1-2-7-21(15)31-24/h8-10,16H,1-7,11H2. The van der Waals surface area contributed by atoms with E-state index in [4.69, 9.17) is 23.2 Å². The maximum absolute atomic E-state index is 13.5. The molecule has 4 nitrogen and oxygen atoms in total. The number of aryl methyl sites for hydroxylation is 1. The van der Waals surface area contributed by atoms with Gasteiger partial charge in [0.15, 0.2) is 5.78 Å². The molecule has 1 aromatic carbocycles. The molecule has 2 aromatic rings. The van der Waals surface area contributed by atoms with E-state index in [1.807, 2.05) is 6.07 Å². The number of thiophene rings is 1. The molecule has 1 aliphatic heterocycles. The van der Waals surface area contributed by atoms with Gasteiger partial charge in [0, 0.05) is 45.0 Å². The van der Waals surface area contributed by atoms with Crippen LogP contribution in [-0.4, -0.2) is 11.7 Å². The predicted molar refractivity (Wildman–Crippen MR) is 123 cm³/mol. The molecule has 1 atom stereocenters. The first-order valence-corrected chi connectivity index (χ1v) is 12.2. The third kappa shape index (κ3) is 3.42. The number of nitrogens with zero attached hydrogens (tertiary/aromatic N) is 2. The summed E-state index contributed by atoms with van der Waals surface area (Å²) in [6, 6.07) is 7.58. The van der Waals surface area contributed by atoms with Gasteiger partial charge in [-0.15, -0.1) is 11.3 Å². The molecule has 0 bridgehead atoms. The van der Waals surface area contributed by atoms with Crippen LogP contribution in [0.1, 0.15) is 66.0 Å². The molecule has 0 spiro atoms. The Labute approximate surface area is 195 Å². The smallest absolute Gasteiger partial charge is 0.232 e. The number of halogens is 2. The molecule has 1 unspecified atom stereocenters. The molecule has 0 fully saturated rings. The van der Waals surface area contributed by atoms with Crippen LogP contribution in [0, 0.1) is 11.3 Å². The van der Waals surface area contributed by atoms with Crippen molar-refractivity contribution >= 4 is 51.2 Å². The van der Waals surface area contributed by atoms with E-state index in [0.717, 1.165) is 42.5 Å². The lowest BCUT2D eigenvalue weighted by Crippen LogP contribution is -2.40. The Bertz CT molecular complexity index is 1190. The summed E-state index contributed by atoms with van der Waals surface area (Å²) in [6.07, 6.45) is 5.96. The molecular formula is C24H20Cl2N2O2S. The van der Waals surface area contributed by atoms with Crippen molar-refractivity contribution in [1.82, 2.24) is 0 Å². The lowest BCUT2D eigenvalue weighted by atomic mass is 9.77. The van der Waals surface area contributed by atoms with Crippen LogP contribution in [0.3, 0.4) is 0 Å². The fraction of sp³-hybridized carbons (Fsp3) is 0.375. The minimum Gasteiger partial charge on any atom is -0.294 e. The van der Waals surface area contributed by atoms with Crippen LogP contribution >= 0.6 is 34.5 Å². The first-order valence-electron chi connectivity index (χ1n) is 10.6. The summed E-state index contributed by atoms with van der Waals surface area (Å²) in [6.45, 7) is 0. The van der Waals surface area contributed by atoms with Crippen LogP contribution in [0.5, 0.6) is 0 Å². The number of rotatable bonds is 2. The summed E-state index contributed by atoms with van der Waals surface area (Å²) in [5.74, 6) is -0.398. The maximum Gasteiger partial charge on any atom is 0.232 e. The molecule has 7 heteroatoms. The van der Waals surface area contributed by atoms with Gasteiger partial charge in [-0.25, -0.2) is 0 Å². The average molecular weight is 471 g/mol. The Balaban J connectivity index is 1.68. The zero-order chi connectivity index (χ0) is 21.7. The number of hydrogen-bond donors (Lipinski definition) is 0. The molecule has 2 heterocycles. The van der Waals surface area contributed by atoms with E-state index in [-0.39, 0.29) is 24.0 Å². The number of carbonyl (C=O) groups is 2. The van der Waals surface area contributed by atoms with Gasteiger partial charge in [0.25, 0.3) is 0 Å². The highest BCUT2D eigenvalue weighted by Crippen LogP contribution is 2.49. The van der Waals surface area contributed by atoms with Crippen LogP contribution < -0.4 is 4.90 Å². The van der Waals surface area contributed by atoms with E-state index in [2.05, 4.69) is 6.07 Å². The number of hydrogen-bond acceptors (Lipinski definition) is 4. The minimum absolute atomic E-state index is 0.0644. The first kappa shape index (κ1) is 20.8. The number of Topliss-reactive ketones (excluding diaryl/α,β-unsaturated/α-hetero) is 1. The van der Waals surface area contributed by atoms with Gasteiger partial charge >= 0.3 is 0 Å². The van der Waals surface area contributed by atoms with Crippen molar-refractivity contribution in [2.45, 2.75) is 57.3 Å². The molecule has 158 valence electrons. The fourth-order valence-corrected chi connectivity index (χ4v) is 7.02. The number of allylic oxidation sites excluding steroid dienone is 2. The number of anilines is 1. The van der Waals surface area contributed by atoms with Gasteiger partial charge in [-0.05, 0) is 61.8 Å². The van der Waals surface area contributed by atoms with Gasteiger partial charge in [-0.3, -0.25) is 14.5 Å². The summed E-state index contributed by atoms with van der Waals surface area (Å²) in [5.41, 5.74) is 3.88. The Morgan fingerprint density at radius 2 is 1.87 bits per heavy atom. The summed E-state index contributed by atoms with van der Waals surface area (Å²) >= 11 is 14.1. The van der Waals surface area contributed by atoms with E-state index >= 15 is 0 Å². The Hall–Kier alpha value is -2.13. The van der Waals surface area contributed by atoms with Gasteiger partial charge < -0.3 is 0 Å². The van der Waals surface area contributed by atoms with E-state index in [1.165, 1.54) is 4.88 Å². The zero-order valence-electron chi connectivity index (χ0n) is 16.8. The van der Waals surface area contributed by atoms with Crippen LogP contribution in [0.2, 0.25) is 10.0 Å². The number of ketones is 1. The molecule has 1 amide bonds. The molecule has 0 N–H and O–H groups in total. The van der Waals surface area contributed by atoms with E-state index in [9.17, 15) is 14.9 Å². The van der Waals surface area contributed by atoms with Crippen molar-refractivity contribution in [2.75, 3.05) is 4.90 Å². The molecule has 0 radical (unpaired) electrons. The lowest BCUT2D eigenvalue weighted by molar-refractivity contribution is -0.119. The Kier molecular flexibility index (Phi) is 5.42. The van der Waals surface area contributed by atoms with Crippen molar-refractivity contribution in [3.05, 3.63) is 61.1 Å². The van der Waals surface area contributed by atoms with Gasteiger partial charge in [0.05, 0.1) is 5.56 Å². The summed E-state index contributed by atoms with van der Waals surface area (Å²) < 4.78 is 0. The third-order valence-electron chi connectivity index (χ3n) is 6.48. The van der Waals surface area contributed by atoms with Crippen LogP contribution in [-0.2, 0) is 22.4 Å². The van der Waals surface area contributed by atoms with Gasteiger partial charge in [-0.1, -0.05) is 29.3 Å². The van der Waals surface area contributed by atoms with Crippen LogP contribution in [0.4, 0.5) is 5.00 Å². The number of benzene rings is 1. The zero-order valence-corrected chi connectivity index (χ0v) is 19.2. The fourth-order valence-electron chi connectivity index (χ4n) is 5.10. The van der Waals surface area contributed by atoms with Crippen molar-refractivity contribution in [2.24, 2.45) is 0 Å². The van der Waals surface area contributed by atoms with Crippen molar-refractivity contribution in [3.63, 3.8) is 0 Å². The molecule has 2 aliphatic carbocycles. The summed E-state index contributed by atoms with van der Waals surface area (Å²) in [4.78, 5) is 29.5. The molecule has 0 saturated carbocycles. The second kappa shape index (κ2) is 8.09. The quantitative estimate of drug-likeness (QED) is 0.514. The summed E-state index contributed by atoms with van der Waals surface area (Å²) in [5, 5.41) is 11.6. The van der Waals surface area contributed by atoms with E-state index < -0.39 is 0 Å². The topological polar surface area (TPSA) is 61.2 Å². The van der Waals surface area contributed by atoms with Crippen LogP contribution in [0.25, 0.3) is 0 Å². The molecule has 1 aromatic heterocycles. The highest BCUT2D eigenvalue weighted by Gasteiger charge is 2.42. The maximum atomic E-state index is 13.5. The highest BCUT2D eigenvalue weighted by atomic mass is 35.5. The van der Waals surface area contributed by atoms with E-state index in [1.54, 1.807) is 28.4 Å². The lowest BCUT2D eigenvalue weighted by Gasteiger charge is -2.38. The highest BCUT2D eigenvalue weighted by molar-refractivity contribution is 7.16. The van der Waals surface area contributed by atoms with Crippen LogP contribution in [0.15, 0.2) is 29.5 Å². The monoisotopic (exact) mass is 470 g/mol. The van der Waals surface area contributed by atoms with Crippen molar-refractivity contribution in [3.8, 4) is 6.07 Å². The minimum atomic E-state index is -0.378. The van der Waals surface area contributed by atoms with Gasteiger partial charge in [0.2, 0.25) is 5.91 Å². The summed E-state index contributed by atoms with van der Waals surface area (Å²) in [7, 11) is 0. The van der Waals surface area contributed by atoms with Crippen molar-refractivity contribution in [1.29, 1.82) is 5.26 Å². The third-order valence-corrected chi connectivity index (χ3v) is 8.32. The molecule has 31 heavy (non-hydrogen) atoms.